The third-order valence-corrected chi connectivity index (χ3v) is 3.48. The van der Waals surface area contributed by atoms with Gasteiger partial charge in [0.15, 0.2) is 5.11 Å². The highest BCUT2D eigenvalue weighted by Crippen LogP contribution is 2.27. The Morgan fingerprint density at radius 3 is 2.60 bits per heavy atom. The lowest BCUT2D eigenvalue weighted by molar-refractivity contribution is -0.136. The summed E-state index contributed by atoms with van der Waals surface area (Å²) in [4.78, 5) is 12.9. The molecule has 0 bridgehead atoms. The Labute approximate surface area is 123 Å². The molecule has 0 saturated carbocycles. The van der Waals surface area contributed by atoms with Crippen molar-refractivity contribution in [1.29, 1.82) is 0 Å². The number of carboxylic acids is 1. The summed E-state index contributed by atoms with van der Waals surface area (Å²) in [5.74, 6) is -0.861. The Kier molecular flexibility index (Phi) is 4.20. The number of rotatable bonds is 3. The first-order chi connectivity index (χ1) is 9.49. The van der Waals surface area contributed by atoms with Crippen LogP contribution in [0.3, 0.4) is 0 Å². The number of thiocarbonyl (C=S) groups is 1. The molecule has 0 heterocycles. The topological polar surface area (TPSA) is 52.6 Å². The normalized spacial score (nSPS) is 10.3. The second kappa shape index (κ2) is 5.88. The smallest absolute Gasteiger partial charge is 0.307 e. The van der Waals surface area contributed by atoms with Gasteiger partial charge < -0.3 is 15.3 Å². The van der Waals surface area contributed by atoms with Gasteiger partial charge in [0.25, 0.3) is 0 Å². The van der Waals surface area contributed by atoms with Crippen LogP contribution in [0, 0.1) is 0 Å². The molecule has 5 heteroatoms. The fourth-order valence-corrected chi connectivity index (χ4v) is 2.13. The lowest BCUT2D eigenvalue weighted by Crippen LogP contribution is -2.27. The van der Waals surface area contributed by atoms with E-state index in [-0.39, 0.29) is 6.42 Å². The molecule has 2 aromatic carbocycles. The molecule has 2 N–H and O–H groups in total. The van der Waals surface area contributed by atoms with Crippen LogP contribution in [-0.2, 0) is 11.2 Å². The molecule has 0 aliphatic heterocycles. The van der Waals surface area contributed by atoms with Crippen LogP contribution in [0.5, 0.6) is 0 Å². The Balaban J connectivity index is 2.52. The van der Waals surface area contributed by atoms with Crippen LogP contribution >= 0.6 is 12.2 Å². The molecule has 2 aromatic rings. The minimum absolute atomic E-state index is 0.0419. The number of anilines is 1. The van der Waals surface area contributed by atoms with Crippen molar-refractivity contribution in [3.05, 3.63) is 42.0 Å². The summed E-state index contributed by atoms with van der Waals surface area (Å²) < 4.78 is 0. The zero-order valence-corrected chi connectivity index (χ0v) is 12.2. The molecule has 104 valence electrons. The highest BCUT2D eigenvalue weighted by atomic mass is 32.1. The van der Waals surface area contributed by atoms with Gasteiger partial charge in [-0.25, -0.2) is 0 Å². The summed E-state index contributed by atoms with van der Waals surface area (Å²) in [5.41, 5.74) is 1.49. The minimum atomic E-state index is -0.861. The highest BCUT2D eigenvalue weighted by molar-refractivity contribution is 7.80. The molecule has 0 atom stereocenters. The van der Waals surface area contributed by atoms with Crippen LogP contribution in [0.2, 0.25) is 0 Å². The standard InChI is InChI=1S/C15H16N2O2S/c1-17(2)15(20)16-13-8-7-10-5-3-4-6-11(10)12(13)9-14(18)19/h3-8H,9H2,1-2H3,(H,16,20)(H,18,19). The van der Waals surface area contributed by atoms with Crippen molar-refractivity contribution in [2.24, 2.45) is 0 Å². The number of carbonyl (C=O) groups is 1. The van der Waals surface area contributed by atoms with E-state index in [1.54, 1.807) is 4.90 Å². The molecule has 20 heavy (non-hydrogen) atoms. The number of fused-ring (bicyclic) bond motifs is 1. The maximum atomic E-state index is 11.1. The van der Waals surface area contributed by atoms with Crippen molar-refractivity contribution in [2.45, 2.75) is 6.42 Å². The Bertz CT molecular complexity index is 668. The van der Waals surface area contributed by atoms with Gasteiger partial charge in [-0.15, -0.1) is 0 Å². The molecule has 0 unspecified atom stereocenters. The average Bonchev–Trinajstić information content (AvgIpc) is 2.40. The number of benzene rings is 2. The first-order valence-electron chi connectivity index (χ1n) is 6.20. The van der Waals surface area contributed by atoms with E-state index in [2.05, 4.69) is 5.32 Å². The number of hydrogen-bond acceptors (Lipinski definition) is 2. The molecule has 0 aliphatic carbocycles. The van der Waals surface area contributed by atoms with Crippen molar-refractivity contribution < 1.29 is 9.90 Å². The molecule has 0 aromatic heterocycles. The lowest BCUT2D eigenvalue weighted by Gasteiger charge is -2.18. The number of nitrogens with zero attached hydrogens (tertiary/aromatic N) is 1. The van der Waals surface area contributed by atoms with Gasteiger partial charge in [-0.1, -0.05) is 30.3 Å². The fourth-order valence-electron chi connectivity index (χ4n) is 2.02. The van der Waals surface area contributed by atoms with Crippen LogP contribution in [0.4, 0.5) is 5.69 Å². The summed E-state index contributed by atoms with van der Waals surface area (Å²) in [5, 5.41) is 14.7. The summed E-state index contributed by atoms with van der Waals surface area (Å²) in [6.07, 6.45) is -0.0419. The summed E-state index contributed by atoms with van der Waals surface area (Å²) in [6.45, 7) is 0. The third-order valence-electron chi connectivity index (χ3n) is 3.02. The van der Waals surface area contributed by atoms with E-state index < -0.39 is 5.97 Å². The SMILES string of the molecule is CN(C)C(=S)Nc1ccc2ccccc2c1CC(=O)O. The van der Waals surface area contributed by atoms with Gasteiger partial charge in [-0.3, -0.25) is 4.79 Å². The van der Waals surface area contributed by atoms with Crippen LogP contribution in [-0.4, -0.2) is 35.2 Å². The van der Waals surface area contributed by atoms with Gasteiger partial charge in [0.2, 0.25) is 0 Å². The van der Waals surface area contributed by atoms with Crippen LogP contribution in [0.1, 0.15) is 5.56 Å². The first kappa shape index (κ1) is 14.3. The number of nitrogens with one attached hydrogen (secondary N) is 1. The Hall–Kier alpha value is -2.14. The third kappa shape index (κ3) is 3.05. The van der Waals surface area contributed by atoms with E-state index in [4.69, 9.17) is 17.3 Å². The van der Waals surface area contributed by atoms with Gasteiger partial charge in [-0.05, 0) is 34.6 Å². The van der Waals surface area contributed by atoms with E-state index in [9.17, 15) is 4.79 Å². The molecule has 0 radical (unpaired) electrons. The van der Waals surface area contributed by atoms with Crippen LogP contribution in [0.15, 0.2) is 36.4 Å². The summed E-state index contributed by atoms with van der Waals surface area (Å²) in [6, 6.07) is 11.6. The molecular formula is C15H16N2O2S. The zero-order valence-electron chi connectivity index (χ0n) is 11.4. The van der Waals surface area contributed by atoms with Gasteiger partial charge in [0.1, 0.15) is 0 Å². The second-order valence-electron chi connectivity index (χ2n) is 4.71. The molecule has 0 fully saturated rings. The Morgan fingerprint density at radius 2 is 1.95 bits per heavy atom. The zero-order chi connectivity index (χ0) is 14.7. The molecule has 0 spiro atoms. The van der Waals surface area contributed by atoms with Crippen LogP contribution in [0.25, 0.3) is 10.8 Å². The molecule has 2 rings (SSSR count). The lowest BCUT2D eigenvalue weighted by atomic mass is 10.00. The van der Waals surface area contributed by atoms with E-state index in [1.165, 1.54) is 0 Å². The van der Waals surface area contributed by atoms with Crippen molar-refractivity contribution >= 4 is 39.8 Å². The predicted octanol–water partition coefficient (Wildman–Crippen LogP) is 2.73. The van der Waals surface area contributed by atoms with E-state index >= 15 is 0 Å². The number of aliphatic carboxylic acids is 1. The van der Waals surface area contributed by atoms with E-state index in [0.717, 1.165) is 22.0 Å². The highest BCUT2D eigenvalue weighted by Gasteiger charge is 2.12. The maximum absolute atomic E-state index is 11.1. The number of hydrogen-bond donors (Lipinski definition) is 2. The van der Waals surface area contributed by atoms with Crippen molar-refractivity contribution in [2.75, 3.05) is 19.4 Å². The quantitative estimate of drug-likeness (QED) is 0.851. The van der Waals surface area contributed by atoms with Gasteiger partial charge in [0, 0.05) is 19.8 Å². The van der Waals surface area contributed by atoms with Gasteiger partial charge in [-0.2, -0.15) is 0 Å². The first-order valence-corrected chi connectivity index (χ1v) is 6.60. The van der Waals surface area contributed by atoms with Crippen LogP contribution < -0.4 is 5.32 Å². The summed E-state index contributed by atoms with van der Waals surface area (Å²) >= 11 is 5.22. The Morgan fingerprint density at radius 1 is 1.25 bits per heavy atom. The minimum Gasteiger partial charge on any atom is -0.481 e. The predicted molar refractivity (Wildman–Crippen MR) is 85.2 cm³/mol. The van der Waals surface area contributed by atoms with Gasteiger partial charge >= 0.3 is 5.97 Å². The fraction of sp³-hybridized carbons (Fsp3) is 0.200. The van der Waals surface area contributed by atoms with Crippen molar-refractivity contribution in [3.63, 3.8) is 0 Å². The van der Waals surface area contributed by atoms with Crippen molar-refractivity contribution in [1.82, 2.24) is 4.90 Å². The molecule has 4 nitrogen and oxygen atoms in total. The van der Waals surface area contributed by atoms with E-state index in [1.807, 2.05) is 50.5 Å². The van der Waals surface area contributed by atoms with Gasteiger partial charge in [0.05, 0.1) is 6.42 Å². The molecule has 0 aliphatic rings. The number of carboxylic acid groups (broad SMARTS) is 1. The second-order valence-corrected chi connectivity index (χ2v) is 5.09. The van der Waals surface area contributed by atoms with Crippen molar-refractivity contribution in [3.8, 4) is 0 Å². The maximum Gasteiger partial charge on any atom is 0.307 e. The molecule has 0 saturated heterocycles. The monoisotopic (exact) mass is 288 g/mol. The largest absolute Gasteiger partial charge is 0.481 e. The summed E-state index contributed by atoms with van der Waals surface area (Å²) in [7, 11) is 3.68. The average molecular weight is 288 g/mol. The molecular weight excluding hydrogens is 272 g/mol. The molecule has 0 amide bonds. The van der Waals surface area contributed by atoms with E-state index in [0.29, 0.717) is 5.11 Å².